The van der Waals surface area contributed by atoms with Crippen LogP contribution in [0.15, 0.2) is 58.3 Å². The summed E-state index contributed by atoms with van der Waals surface area (Å²) in [7, 11) is -7.17. The monoisotopic (exact) mass is 412 g/mol. The number of anilines is 1. The number of sulfonamides is 1. The molecule has 146 valence electrons. The van der Waals surface area contributed by atoms with Crippen LogP contribution in [-0.2, 0) is 19.9 Å². The van der Waals surface area contributed by atoms with Crippen LogP contribution in [-0.4, -0.2) is 53.1 Å². The predicted molar refractivity (Wildman–Crippen MR) is 102 cm³/mol. The Balaban J connectivity index is 1.81. The van der Waals surface area contributed by atoms with Crippen LogP contribution in [0.1, 0.15) is 6.92 Å². The molecule has 0 amide bonds. The third-order valence-corrected chi connectivity index (χ3v) is 8.26. The maximum Gasteiger partial charge on any atom is 0.243 e. The predicted octanol–water partition coefficient (Wildman–Crippen LogP) is 2.13. The molecule has 0 aromatic heterocycles. The molecule has 2 aromatic rings. The summed E-state index contributed by atoms with van der Waals surface area (Å²) in [5.74, 6) is -0.605. The highest BCUT2D eigenvalue weighted by Gasteiger charge is 2.30. The molecule has 0 unspecified atom stereocenters. The zero-order valence-electron chi connectivity index (χ0n) is 14.9. The zero-order chi connectivity index (χ0) is 19.7. The molecule has 0 bridgehead atoms. The fourth-order valence-electron chi connectivity index (χ4n) is 3.08. The van der Waals surface area contributed by atoms with E-state index in [2.05, 4.69) is 0 Å². The Hall–Kier alpha value is -1.97. The van der Waals surface area contributed by atoms with Gasteiger partial charge in [-0.2, -0.15) is 4.31 Å². The maximum absolute atomic E-state index is 13.4. The standard InChI is InChI=1S/C18H21FN2O4S2/c1-2-26(22,23)18-9-4-3-8-17(18)20-10-12-21(13-11-20)27(24,25)16-7-5-6-15(19)14-16/h3-9,14H,2,10-13H2,1H3. The molecular formula is C18H21FN2O4S2. The molecule has 0 radical (unpaired) electrons. The number of piperazine rings is 1. The van der Waals surface area contributed by atoms with Crippen LogP contribution in [0.5, 0.6) is 0 Å². The maximum atomic E-state index is 13.4. The van der Waals surface area contributed by atoms with Gasteiger partial charge < -0.3 is 4.90 Å². The molecule has 0 N–H and O–H groups in total. The van der Waals surface area contributed by atoms with E-state index in [4.69, 9.17) is 0 Å². The first kappa shape index (κ1) is 19.8. The Bertz CT molecular complexity index is 1030. The Morgan fingerprint density at radius 3 is 2.22 bits per heavy atom. The number of para-hydroxylation sites is 1. The lowest BCUT2D eigenvalue weighted by Gasteiger charge is -2.36. The van der Waals surface area contributed by atoms with Crippen molar-refractivity contribution < 1.29 is 21.2 Å². The van der Waals surface area contributed by atoms with Gasteiger partial charge in [0.05, 0.1) is 21.2 Å². The number of benzene rings is 2. The molecule has 3 rings (SSSR count). The molecule has 27 heavy (non-hydrogen) atoms. The Morgan fingerprint density at radius 2 is 1.59 bits per heavy atom. The minimum Gasteiger partial charge on any atom is -0.368 e. The first-order valence-electron chi connectivity index (χ1n) is 8.58. The van der Waals surface area contributed by atoms with Crippen LogP contribution in [0.4, 0.5) is 10.1 Å². The average Bonchev–Trinajstić information content (AvgIpc) is 2.68. The number of hydrogen-bond donors (Lipinski definition) is 0. The van der Waals surface area contributed by atoms with Crippen molar-refractivity contribution in [1.29, 1.82) is 0 Å². The summed E-state index contributed by atoms with van der Waals surface area (Å²) in [4.78, 5) is 2.05. The van der Waals surface area contributed by atoms with Crippen molar-refractivity contribution in [3.8, 4) is 0 Å². The zero-order valence-corrected chi connectivity index (χ0v) is 16.5. The minimum absolute atomic E-state index is 0.00205. The van der Waals surface area contributed by atoms with Crippen LogP contribution in [0.25, 0.3) is 0 Å². The molecule has 0 saturated carbocycles. The van der Waals surface area contributed by atoms with Gasteiger partial charge in [-0.1, -0.05) is 25.1 Å². The Labute approximate surface area is 159 Å². The van der Waals surface area contributed by atoms with E-state index in [0.717, 1.165) is 6.07 Å². The van der Waals surface area contributed by atoms with E-state index in [9.17, 15) is 21.2 Å². The van der Waals surface area contributed by atoms with Crippen LogP contribution in [0.3, 0.4) is 0 Å². The highest BCUT2D eigenvalue weighted by molar-refractivity contribution is 7.91. The van der Waals surface area contributed by atoms with Gasteiger partial charge in [-0.25, -0.2) is 21.2 Å². The molecule has 1 saturated heterocycles. The van der Waals surface area contributed by atoms with Gasteiger partial charge in [-0.15, -0.1) is 0 Å². The van der Waals surface area contributed by atoms with E-state index >= 15 is 0 Å². The van der Waals surface area contributed by atoms with Gasteiger partial charge in [0.1, 0.15) is 5.82 Å². The normalized spacial score (nSPS) is 16.4. The molecule has 6 nitrogen and oxygen atoms in total. The molecule has 9 heteroatoms. The highest BCUT2D eigenvalue weighted by atomic mass is 32.2. The van der Waals surface area contributed by atoms with Crippen molar-refractivity contribution in [2.24, 2.45) is 0 Å². The molecule has 1 fully saturated rings. The highest BCUT2D eigenvalue weighted by Crippen LogP contribution is 2.28. The molecule has 1 heterocycles. The third kappa shape index (κ3) is 3.99. The summed E-state index contributed by atoms with van der Waals surface area (Å²) in [6, 6.07) is 11.7. The van der Waals surface area contributed by atoms with Crippen LogP contribution < -0.4 is 4.90 Å². The second kappa shape index (κ2) is 7.57. The number of hydrogen-bond acceptors (Lipinski definition) is 5. The summed E-state index contributed by atoms with van der Waals surface area (Å²) in [6.07, 6.45) is 0. The van der Waals surface area contributed by atoms with Crippen molar-refractivity contribution in [2.75, 3.05) is 36.8 Å². The van der Waals surface area contributed by atoms with E-state index in [1.807, 2.05) is 4.90 Å². The van der Waals surface area contributed by atoms with Gasteiger partial charge in [0.15, 0.2) is 9.84 Å². The van der Waals surface area contributed by atoms with Crippen molar-refractivity contribution in [2.45, 2.75) is 16.7 Å². The average molecular weight is 413 g/mol. The van der Waals surface area contributed by atoms with Crippen molar-refractivity contribution in [3.63, 3.8) is 0 Å². The molecule has 1 aliphatic rings. The number of sulfone groups is 1. The number of halogens is 1. The van der Waals surface area contributed by atoms with Crippen LogP contribution in [0, 0.1) is 5.82 Å². The fraction of sp³-hybridized carbons (Fsp3) is 0.333. The summed E-state index contributed by atoms with van der Waals surface area (Å²) in [5, 5.41) is 0. The summed E-state index contributed by atoms with van der Waals surface area (Å²) < 4.78 is 64.8. The van der Waals surface area contributed by atoms with Crippen LogP contribution in [0.2, 0.25) is 0 Å². The van der Waals surface area contributed by atoms with E-state index in [1.54, 1.807) is 31.2 Å². The fourth-order valence-corrected chi connectivity index (χ4v) is 5.65. The van der Waals surface area contributed by atoms with Gasteiger partial charge in [0.2, 0.25) is 10.0 Å². The van der Waals surface area contributed by atoms with Crippen molar-refractivity contribution >= 4 is 25.5 Å². The molecular weight excluding hydrogens is 391 g/mol. The van der Waals surface area contributed by atoms with E-state index in [1.165, 1.54) is 22.5 Å². The smallest absolute Gasteiger partial charge is 0.243 e. The summed E-state index contributed by atoms with van der Waals surface area (Å²) >= 11 is 0. The number of nitrogens with zero attached hydrogens (tertiary/aromatic N) is 2. The second-order valence-electron chi connectivity index (χ2n) is 6.22. The van der Waals surface area contributed by atoms with Crippen molar-refractivity contribution in [1.82, 2.24) is 4.31 Å². The largest absolute Gasteiger partial charge is 0.368 e. The first-order chi connectivity index (χ1) is 12.8. The van der Waals surface area contributed by atoms with Gasteiger partial charge in [-0.3, -0.25) is 0 Å². The van der Waals surface area contributed by atoms with Gasteiger partial charge in [-0.05, 0) is 30.3 Å². The number of rotatable bonds is 5. The lowest BCUT2D eigenvalue weighted by Crippen LogP contribution is -2.49. The van der Waals surface area contributed by atoms with Gasteiger partial charge in [0.25, 0.3) is 0 Å². The lowest BCUT2D eigenvalue weighted by atomic mass is 10.2. The Kier molecular flexibility index (Phi) is 5.55. The van der Waals surface area contributed by atoms with Gasteiger partial charge >= 0.3 is 0 Å². The molecule has 0 aliphatic carbocycles. The van der Waals surface area contributed by atoms with E-state index < -0.39 is 25.7 Å². The lowest BCUT2D eigenvalue weighted by molar-refractivity contribution is 0.384. The summed E-state index contributed by atoms with van der Waals surface area (Å²) in [5.41, 5.74) is 0.585. The Morgan fingerprint density at radius 1 is 0.926 bits per heavy atom. The van der Waals surface area contributed by atoms with Crippen molar-refractivity contribution in [3.05, 3.63) is 54.3 Å². The van der Waals surface area contributed by atoms with E-state index in [-0.39, 0.29) is 28.6 Å². The third-order valence-electron chi connectivity index (χ3n) is 4.59. The van der Waals surface area contributed by atoms with Gasteiger partial charge in [0, 0.05) is 26.2 Å². The summed E-state index contributed by atoms with van der Waals surface area (Å²) in [6.45, 7) is 2.68. The molecule has 0 spiro atoms. The topological polar surface area (TPSA) is 74.8 Å². The molecule has 0 atom stereocenters. The molecule has 1 aliphatic heterocycles. The quantitative estimate of drug-likeness (QED) is 0.752. The second-order valence-corrected chi connectivity index (χ2v) is 10.4. The molecule has 2 aromatic carbocycles. The first-order valence-corrected chi connectivity index (χ1v) is 11.7. The minimum atomic E-state index is -3.78. The van der Waals surface area contributed by atoms with Crippen LogP contribution >= 0.6 is 0 Å². The van der Waals surface area contributed by atoms with E-state index in [0.29, 0.717) is 18.8 Å². The SMILES string of the molecule is CCS(=O)(=O)c1ccccc1N1CCN(S(=O)(=O)c2cccc(F)c2)CC1.